The van der Waals surface area contributed by atoms with Gasteiger partial charge in [-0.05, 0) is 12.1 Å². The van der Waals surface area contributed by atoms with E-state index >= 15 is 0 Å². The summed E-state index contributed by atoms with van der Waals surface area (Å²) in [6, 6.07) is 17.6. The lowest BCUT2D eigenvalue weighted by Gasteiger charge is -1.95. The van der Waals surface area contributed by atoms with Crippen molar-refractivity contribution in [2.75, 3.05) is 0 Å². The van der Waals surface area contributed by atoms with E-state index < -0.39 is 0 Å². The lowest BCUT2D eigenvalue weighted by atomic mass is 10.1. The van der Waals surface area contributed by atoms with Gasteiger partial charge in [-0.3, -0.25) is 0 Å². The van der Waals surface area contributed by atoms with Crippen molar-refractivity contribution in [2.45, 2.75) is 13.5 Å². The Morgan fingerprint density at radius 3 is 2.46 bits per heavy atom. The molecule has 2 heterocycles. The van der Waals surface area contributed by atoms with Crippen LogP contribution in [0.1, 0.15) is 11.5 Å². The zero-order chi connectivity index (χ0) is 16.4. The third-order valence-corrected chi connectivity index (χ3v) is 3.54. The second-order valence-corrected chi connectivity index (χ2v) is 5.39. The van der Waals surface area contributed by atoms with Crippen molar-refractivity contribution in [1.82, 2.24) is 30.3 Å². The fraction of sp³-hybridized carbons (Fsp3) is 0.118. The number of hydrogen-bond acceptors (Lipinski definition) is 6. The Morgan fingerprint density at radius 2 is 1.67 bits per heavy atom. The Labute approximate surface area is 138 Å². The average molecular weight is 318 g/mol. The van der Waals surface area contributed by atoms with E-state index in [2.05, 4.69) is 25.6 Å². The van der Waals surface area contributed by atoms with Gasteiger partial charge in [0, 0.05) is 11.1 Å². The van der Waals surface area contributed by atoms with Gasteiger partial charge in [0.25, 0.3) is 5.89 Å². The Morgan fingerprint density at radius 1 is 0.917 bits per heavy atom. The molecule has 0 saturated heterocycles. The van der Waals surface area contributed by atoms with E-state index in [4.69, 9.17) is 4.52 Å². The van der Waals surface area contributed by atoms with Crippen molar-refractivity contribution < 1.29 is 4.52 Å². The molecule has 24 heavy (non-hydrogen) atoms. The molecule has 7 nitrogen and oxygen atoms in total. The average Bonchev–Trinajstić information content (AvgIpc) is 3.27. The molecule has 4 aromatic rings. The molecule has 0 saturated carbocycles. The van der Waals surface area contributed by atoms with Crippen LogP contribution in [0.5, 0.6) is 0 Å². The molecular weight excluding hydrogens is 304 g/mol. The van der Waals surface area contributed by atoms with Crippen LogP contribution < -0.4 is 0 Å². The normalized spacial score (nSPS) is 10.9. The maximum Gasteiger partial charge on any atom is 0.250 e. The zero-order valence-electron chi connectivity index (χ0n) is 13.0. The summed E-state index contributed by atoms with van der Waals surface area (Å²) in [5.41, 5.74) is 3.01. The first-order valence-electron chi connectivity index (χ1n) is 7.51. The molecule has 0 spiro atoms. The van der Waals surface area contributed by atoms with Crippen LogP contribution in [0.25, 0.3) is 22.8 Å². The summed E-state index contributed by atoms with van der Waals surface area (Å²) in [7, 11) is 0. The highest BCUT2D eigenvalue weighted by Crippen LogP contribution is 2.16. The number of aryl methyl sites for hydroxylation is 1. The van der Waals surface area contributed by atoms with Crippen molar-refractivity contribution in [3.8, 4) is 22.8 Å². The first kappa shape index (κ1) is 14.3. The number of tetrazole rings is 1. The molecule has 0 aliphatic carbocycles. The number of aromatic nitrogens is 6. The molecule has 2 aromatic heterocycles. The fourth-order valence-electron chi connectivity index (χ4n) is 2.27. The molecule has 4 rings (SSSR count). The lowest BCUT2D eigenvalue weighted by molar-refractivity contribution is 0.356. The summed E-state index contributed by atoms with van der Waals surface area (Å²) in [4.78, 5) is 5.80. The van der Waals surface area contributed by atoms with Gasteiger partial charge in [0.2, 0.25) is 11.6 Å². The van der Waals surface area contributed by atoms with Gasteiger partial charge < -0.3 is 4.52 Å². The second kappa shape index (κ2) is 6.04. The van der Waals surface area contributed by atoms with E-state index in [0.717, 1.165) is 11.1 Å². The zero-order valence-corrected chi connectivity index (χ0v) is 13.0. The molecule has 0 amide bonds. The smallest absolute Gasteiger partial charge is 0.250 e. The fourth-order valence-corrected chi connectivity index (χ4v) is 2.27. The van der Waals surface area contributed by atoms with Crippen LogP contribution >= 0.6 is 0 Å². The highest BCUT2D eigenvalue weighted by molar-refractivity contribution is 5.54. The van der Waals surface area contributed by atoms with Crippen LogP contribution in [-0.2, 0) is 6.54 Å². The summed E-state index contributed by atoms with van der Waals surface area (Å²) >= 11 is 0. The van der Waals surface area contributed by atoms with E-state index in [1.165, 1.54) is 10.4 Å². The quantitative estimate of drug-likeness (QED) is 0.575. The first-order chi connectivity index (χ1) is 11.8. The Kier molecular flexibility index (Phi) is 3.59. The van der Waals surface area contributed by atoms with E-state index in [9.17, 15) is 0 Å². The predicted octanol–water partition coefficient (Wildman–Crippen LogP) is 2.75. The van der Waals surface area contributed by atoms with Crippen LogP contribution in [0.15, 0.2) is 59.1 Å². The minimum absolute atomic E-state index is 0.276. The molecule has 0 atom stereocenters. The summed E-state index contributed by atoms with van der Waals surface area (Å²) in [6.45, 7) is 2.31. The van der Waals surface area contributed by atoms with E-state index in [-0.39, 0.29) is 6.54 Å². The van der Waals surface area contributed by atoms with E-state index in [0.29, 0.717) is 17.5 Å². The van der Waals surface area contributed by atoms with Crippen LogP contribution in [0.4, 0.5) is 0 Å². The Bertz CT molecular complexity index is 943. The third kappa shape index (κ3) is 2.91. The van der Waals surface area contributed by atoms with Crippen LogP contribution in [-0.4, -0.2) is 30.3 Å². The molecule has 0 bridgehead atoms. The van der Waals surface area contributed by atoms with Gasteiger partial charge in [-0.25, -0.2) is 0 Å². The van der Waals surface area contributed by atoms with Gasteiger partial charge in [-0.2, -0.15) is 9.78 Å². The number of rotatable bonds is 4. The van der Waals surface area contributed by atoms with E-state index in [1.807, 2.05) is 61.5 Å². The van der Waals surface area contributed by atoms with Crippen LogP contribution in [0.2, 0.25) is 0 Å². The van der Waals surface area contributed by atoms with Crippen molar-refractivity contribution >= 4 is 0 Å². The standard InChI is InChI=1S/C17H14N6O/c1-12-7-9-14(10-8-12)17-19-22-23(20-17)11-15-18-16(21-24-15)13-5-3-2-4-6-13/h2-10H,11H2,1H3. The van der Waals surface area contributed by atoms with Crippen LogP contribution in [0.3, 0.4) is 0 Å². The number of hydrogen-bond donors (Lipinski definition) is 0. The summed E-state index contributed by atoms with van der Waals surface area (Å²) in [6.07, 6.45) is 0. The minimum atomic E-state index is 0.276. The monoisotopic (exact) mass is 318 g/mol. The maximum atomic E-state index is 5.26. The maximum absolute atomic E-state index is 5.26. The van der Waals surface area contributed by atoms with Gasteiger partial charge in [0.1, 0.15) is 6.54 Å². The molecule has 0 N–H and O–H groups in total. The summed E-state index contributed by atoms with van der Waals surface area (Å²) in [5, 5.41) is 16.4. The third-order valence-electron chi connectivity index (χ3n) is 3.54. The molecule has 7 heteroatoms. The van der Waals surface area contributed by atoms with Gasteiger partial charge in [-0.1, -0.05) is 65.3 Å². The topological polar surface area (TPSA) is 82.5 Å². The summed E-state index contributed by atoms with van der Waals surface area (Å²) < 4.78 is 5.26. The van der Waals surface area contributed by atoms with Gasteiger partial charge in [0.15, 0.2) is 0 Å². The van der Waals surface area contributed by atoms with Crippen LogP contribution in [0, 0.1) is 6.92 Å². The van der Waals surface area contributed by atoms with Gasteiger partial charge in [-0.15, -0.1) is 10.2 Å². The first-order valence-corrected chi connectivity index (χ1v) is 7.51. The molecular formula is C17H14N6O. The molecule has 2 aromatic carbocycles. The van der Waals surface area contributed by atoms with E-state index in [1.54, 1.807) is 0 Å². The molecule has 118 valence electrons. The highest BCUT2D eigenvalue weighted by atomic mass is 16.5. The SMILES string of the molecule is Cc1ccc(-c2nnn(Cc3nc(-c4ccccc4)no3)n2)cc1. The largest absolute Gasteiger partial charge is 0.337 e. The Hall–Kier alpha value is -3.35. The van der Waals surface area contributed by atoms with Gasteiger partial charge >= 0.3 is 0 Å². The highest BCUT2D eigenvalue weighted by Gasteiger charge is 2.11. The van der Waals surface area contributed by atoms with Crippen molar-refractivity contribution in [2.24, 2.45) is 0 Å². The molecule has 0 fully saturated rings. The Balaban J connectivity index is 1.52. The molecule has 0 aliphatic heterocycles. The minimum Gasteiger partial charge on any atom is -0.337 e. The van der Waals surface area contributed by atoms with Gasteiger partial charge in [0.05, 0.1) is 0 Å². The number of nitrogens with zero attached hydrogens (tertiary/aromatic N) is 6. The van der Waals surface area contributed by atoms with Crippen molar-refractivity contribution in [1.29, 1.82) is 0 Å². The molecule has 0 radical (unpaired) electrons. The number of benzene rings is 2. The van der Waals surface area contributed by atoms with Crippen molar-refractivity contribution in [3.05, 3.63) is 66.1 Å². The second-order valence-electron chi connectivity index (χ2n) is 5.39. The van der Waals surface area contributed by atoms with Crippen molar-refractivity contribution in [3.63, 3.8) is 0 Å². The molecule has 0 aliphatic rings. The summed E-state index contributed by atoms with van der Waals surface area (Å²) in [5.74, 6) is 1.55. The lowest BCUT2D eigenvalue weighted by Crippen LogP contribution is -2.04. The predicted molar refractivity (Wildman–Crippen MR) is 86.8 cm³/mol. The molecule has 0 unspecified atom stereocenters.